The maximum atomic E-state index is 13.2. The zero-order valence-corrected chi connectivity index (χ0v) is 13.7. The molecule has 3 rings (SSSR count). The van der Waals surface area contributed by atoms with Crippen molar-refractivity contribution in [2.24, 2.45) is 0 Å². The molecule has 7 nitrogen and oxygen atoms in total. The molecule has 1 aromatic heterocycles. The molecule has 0 aliphatic heterocycles. The third kappa shape index (κ3) is 4.06. The minimum Gasteiger partial charge on any atom is -0.419 e. The van der Waals surface area contributed by atoms with Crippen LogP contribution in [0.3, 0.4) is 0 Å². The van der Waals surface area contributed by atoms with E-state index in [2.05, 4.69) is 10.2 Å². The molecule has 0 unspecified atom stereocenters. The number of rotatable bonds is 6. The van der Waals surface area contributed by atoms with E-state index in [9.17, 15) is 18.9 Å². The summed E-state index contributed by atoms with van der Waals surface area (Å²) < 4.78 is 31.8. The summed E-state index contributed by atoms with van der Waals surface area (Å²) >= 11 is 0. The van der Waals surface area contributed by atoms with E-state index in [1.54, 1.807) is 11.9 Å². The van der Waals surface area contributed by atoms with Crippen LogP contribution in [0.5, 0.6) is 0 Å². The van der Waals surface area contributed by atoms with Gasteiger partial charge in [0.05, 0.1) is 11.5 Å². The van der Waals surface area contributed by atoms with Crippen LogP contribution in [-0.2, 0) is 13.1 Å². The predicted octanol–water partition coefficient (Wildman–Crippen LogP) is 3.56. The van der Waals surface area contributed by atoms with E-state index in [0.717, 1.165) is 12.1 Å². The number of halogens is 2. The van der Waals surface area contributed by atoms with E-state index >= 15 is 0 Å². The number of benzene rings is 2. The highest BCUT2D eigenvalue weighted by atomic mass is 19.2. The molecule has 0 atom stereocenters. The summed E-state index contributed by atoms with van der Waals surface area (Å²) in [4.78, 5) is 12.0. The van der Waals surface area contributed by atoms with Crippen molar-refractivity contribution in [2.75, 3.05) is 7.05 Å². The lowest BCUT2D eigenvalue weighted by Crippen LogP contribution is -2.17. The molecule has 9 heteroatoms. The van der Waals surface area contributed by atoms with Gasteiger partial charge in [-0.15, -0.1) is 10.2 Å². The topological polar surface area (TPSA) is 85.3 Å². The van der Waals surface area contributed by atoms with Crippen molar-refractivity contribution in [2.45, 2.75) is 13.1 Å². The summed E-state index contributed by atoms with van der Waals surface area (Å²) in [6.45, 7) is 0.672. The average Bonchev–Trinajstić information content (AvgIpc) is 3.06. The Kier molecular flexibility index (Phi) is 4.99. The van der Waals surface area contributed by atoms with E-state index in [1.807, 2.05) is 0 Å². The van der Waals surface area contributed by atoms with Gasteiger partial charge in [0.15, 0.2) is 11.6 Å². The molecule has 0 saturated heterocycles. The molecule has 0 aliphatic rings. The number of hydrogen-bond donors (Lipinski definition) is 0. The van der Waals surface area contributed by atoms with Gasteiger partial charge in [0.25, 0.3) is 5.69 Å². The van der Waals surface area contributed by atoms with E-state index in [4.69, 9.17) is 4.42 Å². The van der Waals surface area contributed by atoms with Gasteiger partial charge in [0.2, 0.25) is 11.8 Å². The SMILES string of the molecule is CN(Cc1ccc(F)c(F)c1)Cc1nnc(-c2ccc([N+](=O)[O-])cc2)o1. The quantitative estimate of drug-likeness (QED) is 0.494. The number of nitro benzene ring substituents is 1. The van der Waals surface area contributed by atoms with Crippen LogP contribution >= 0.6 is 0 Å². The first-order chi connectivity index (χ1) is 12.4. The molecule has 0 fully saturated rings. The van der Waals surface area contributed by atoms with Crippen LogP contribution in [0.15, 0.2) is 46.9 Å². The van der Waals surface area contributed by atoms with Crippen molar-refractivity contribution in [1.29, 1.82) is 0 Å². The van der Waals surface area contributed by atoms with E-state index in [0.29, 0.717) is 30.1 Å². The molecule has 0 amide bonds. The predicted molar refractivity (Wildman–Crippen MR) is 87.9 cm³/mol. The first kappa shape index (κ1) is 17.6. The van der Waals surface area contributed by atoms with Gasteiger partial charge in [-0.3, -0.25) is 15.0 Å². The molecule has 2 aromatic carbocycles. The average molecular weight is 360 g/mol. The third-order valence-electron chi connectivity index (χ3n) is 3.63. The summed E-state index contributed by atoms with van der Waals surface area (Å²) in [6, 6.07) is 9.49. The van der Waals surface area contributed by atoms with Crippen molar-refractivity contribution in [3.05, 3.63) is 75.7 Å². The number of aromatic nitrogens is 2. The maximum Gasteiger partial charge on any atom is 0.269 e. The zero-order valence-electron chi connectivity index (χ0n) is 13.7. The molecular formula is C17H14F2N4O3. The smallest absolute Gasteiger partial charge is 0.269 e. The number of nitrogens with zero attached hydrogens (tertiary/aromatic N) is 4. The fraction of sp³-hybridized carbons (Fsp3) is 0.176. The Labute approximate surface area is 147 Å². The van der Waals surface area contributed by atoms with Gasteiger partial charge in [-0.25, -0.2) is 8.78 Å². The van der Waals surface area contributed by atoms with Crippen molar-refractivity contribution in [1.82, 2.24) is 15.1 Å². The zero-order chi connectivity index (χ0) is 18.7. The first-order valence-electron chi connectivity index (χ1n) is 7.62. The first-order valence-corrected chi connectivity index (χ1v) is 7.62. The maximum absolute atomic E-state index is 13.2. The highest BCUT2D eigenvalue weighted by molar-refractivity contribution is 5.55. The van der Waals surface area contributed by atoms with Crippen LogP contribution < -0.4 is 0 Å². The normalized spacial score (nSPS) is 11.1. The molecule has 0 bridgehead atoms. The summed E-state index contributed by atoms with van der Waals surface area (Å²) in [7, 11) is 1.77. The minimum absolute atomic E-state index is 0.0280. The second kappa shape index (κ2) is 7.36. The molecule has 0 radical (unpaired) electrons. The Hall–Kier alpha value is -3.20. The van der Waals surface area contributed by atoms with Gasteiger partial charge in [-0.1, -0.05) is 6.07 Å². The van der Waals surface area contributed by atoms with Gasteiger partial charge in [-0.05, 0) is 36.9 Å². The number of nitro groups is 1. The van der Waals surface area contributed by atoms with Crippen LogP contribution in [-0.4, -0.2) is 27.1 Å². The van der Waals surface area contributed by atoms with Crippen LogP contribution in [0.2, 0.25) is 0 Å². The minimum atomic E-state index is -0.894. The second-order valence-electron chi connectivity index (χ2n) is 5.73. The Morgan fingerprint density at radius 2 is 1.81 bits per heavy atom. The Bertz CT molecular complexity index is 928. The van der Waals surface area contributed by atoms with Crippen molar-refractivity contribution in [3.63, 3.8) is 0 Å². The van der Waals surface area contributed by atoms with Crippen molar-refractivity contribution < 1.29 is 18.1 Å². The summed E-state index contributed by atoms with van der Waals surface area (Å²) in [5.41, 5.74) is 1.15. The fourth-order valence-corrected chi connectivity index (χ4v) is 2.40. The van der Waals surface area contributed by atoms with Crippen molar-refractivity contribution >= 4 is 5.69 Å². The molecular weight excluding hydrogens is 346 g/mol. The third-order valence-corrected chi connectivity index (χ3v) is 3.63. The van der Waals surface area contributed by atoms with Crippen LogP contribution in [0.4, 0.5) is 14.5 Å². The lowest BCUT2D eigenvalue weighted by atomic mass is 10.2. The van der Waals surface area contributed by atoms with Gasteiger partial charge < -0.3 is 4.42 Å². The standard InChI is InChI=1S/C17H14F2N4O3/c1-22(9-11-2-7-14(18)15(19)8-11)10-16-20-21-17(26-16)12-3-5-13(6-4-12)23(24)25/h2-8H,9-10H2,1H3. The van der Waals surface area contributed by atoms with Crippen molar-refractivity contribution in [3.8, 4) is 11.5 Å². The van der Waals surface area contributed by atoms with E-state index < -0.39 is 16.6 Å². The highest BCUT2D eigenvalue weighted by Gasteiger charge is 2.13. The van der Waals surface area contributed by atoms with Gasteiger partial charge in [0, 0.05) is 24.2 Å². The summed E-state index contributed by atoms with van der Waals surface area (Å²) in [5.74, 6) is -1.20. The Balaban J connectivity index is 1.65. The van der Waals surface area contributed by atoms with Gasteiger partial charge >= 0.3 is 0 Å². The van der Waals surface area contributed by atoms with E-state index in [1.165, 1.54) is 30.3 Å². The molecule has 26 heavy (non-hydrogen) atoms. The molecule has 0 aliphatic carbocycles. The number of non-ortho nitro benzene ring substituents is 1. The van der Waals surface area contributed by atoms with E-state index in [-0.39, 0.29) is 11.6 Å². The molecule has 1 heterocycles. The molecule has 3 aromatic rings. The van der Waals surface area contributed by atoms with Crippen LogP contribution in [0, 0.1) is 21.7 Å². The fourth-order valence-electron chi connectivity index (χ4n) is 2.40. The lowest BCUT2D eigenvalue weighted by Gasteiger charge is -2.14. The largest absolute Gasteiger partial charge is 0.419 e. The highest BCUT2D eigenvalue weighted by Crippen LogP contribution is 2.21. The summed E-state index contributed by atoms with van der Waals surface area (Å²) in [6.07, 6.45) is 0. The number of hydrogen-bond acceptors (Lipinski definition) is 6. The van der Waals surface area contributed by atoms with Crippen LogP contribution in [0.25, 0.3) is 11.5 Å². The molecule has 0 saturated carbocycles. The summed E-state index contributed by atoms with van der Waals surface area (Å²) in [5, 5.41) is 18.5. The molecule has 0 N–H and O–H groups in total. The lowest BCUT2D eigenvalue weighted by molar-refractivity contribution is -0.384. The van der Waals surface area contributed by atoms with Gasteiger partial charge in [0.1, 0.15) is 0 Å². The van der Waals surface area contributed by atoms with Crippen LogP contribution in [0.1, 0.15) is 11.5 Å². The molecule has 0 spiro atoms. The van der Waals surface area contributed by atoms with Gasteiger partial charge in [-0.2, -0.15) is 0 Å². The Morgan fingerprint density at radius 1 is 1.08 bits per heavy atom. The monoisotopic (exact) mass is 360 g/mol. The Morgan fingerprint density at radius 3 is 2.46 bits per heavy atom. The molecule has 134 valence electrons. The second-order valence-corrected chi connectivity index (χ2v) is 5.73.